The lowest BCUT2D eigenvalue weighted by molar-refractivity contribution is 0.0691. The molecule has 0 aromatic carbocycles. The number of carbonyl (C=O) groups is 1. The zero-order valence-corrected chi connectivity index (χ0v) is 13.2. The monoisotopic (exact) mass is 306 g/mol. The molecule has 2 N–H and O–H groups in total. The average Bonchev–Trinajstić information content (AvgIpc) is 2.92. The van der Waals surface area contributed by atoms with Crippen LogP contribution in [0, 0.1) is 0 Å². The zero-order valence-electron chi connectivity index (χ0n) is 12.4. The number of nitrogens with one attached hydrogen (secondary N) is 1. The van der Waals surface area contributed by atoms with E-state index in [1.165, 1.54) is 17.5 Å². The standard InChI is InChI=1S/C14H18N4O2S/c1-8(2)11-16-7-9(10(17-11)12(19)20)18-14(3,4)13-15-5-6-21-13/h5-8,18H,1-4H3,(H,19,20). The van der Waals surface area contributed by atoms with Crippen LogP contribution in [0.2, 0.25) is 0 Å². The molecule has 2 rings (SSSR count). The molecule has 0 saturated carbocycles. The molecule has 0 aliphatic heterocycles. The molecule has 6 nitrogen and oxygen atoms in total. The molecule has 0 saturated heterocycles. The molecule has 0 unspecified atom stereocenters. The molecule has 0 radical (unpaired) electrons. The number of hydrogen-bond acceptors (Lipinski definition) is 6. The van der Waals surface area contributed by atoms with Crippen molar-refractivity contribution < 1.29 is 9.90 Å². The lowest BCUT2D eigenvalue weighted by Gasteiger charge is -2.25. The van der Waals surface area contributed by atoms with E-state index in [1.807, 2.05) is 33.1 Å². The van der Waals surface area contributed by atoms with Crippen LogP contribution in [0.4, 0.5) is 5.69 Å². The second kappa shape index (κ2) is 5.77. The minimum absolute atomic E-state index is 0.0154. The maximum Gasteiger partial charge on any atom is 0.356 e. The summed E-state index contributed by atoms with van der Waals surface area (Å²) in [5.74, 6) is -0.481. The van der Waals surface area contributed by atoms with E-state index >= 15 is 0 Å². The highest BCUT2D eigenvalue weighted by atomic mass is 32.1. The predicted octanol–water partition coefficient (Wildman–Crippen LogP) is 3.10. The first-order valence-electron chi connectivity index (χ1n) is 6.59. The van der Waals surface area contributed by atoms with Gasteiger partial charge in [0.2, 0.25) is 0 Å². The SMILES string of the molecule is CC(C)c1ncc(NC(C)(C)c2nccs2)c(C(=O)O)n1. The van der Waals surface area contributed by atoms with Crippen LogP contribution in [0.1, 0.15) is 54.9 Å². The molecule has 21 heavy (non-hydrogen) atoms. The first kappa shape index (κ1) is 15.4. The summed E-state index contributed by atoms with van der Waals surface area (Å²) in [5.41, 5.74) is -0.119. The minimum atomic E-state index is -1.07. The van der Waals surface area contributed by atoms with Gasteiger partial charge >= 0.3 is 5.97 Å². The smallest absolute Gasteiger partial charge is 0.356 e. The van der Waals surface area contributed by atoms with Crippen LogP contribution in [0.15, 0.2) is 17.8 Å². The third-order valence-corrected chi connectivity index (χ3v) is 4.04. The van der Waals surface area contributed by atoms with E-state index < -0.39 is 11.5 Å². The molecule has 0 amide bonds. The van der Waals surface area contributed by atoms with E-state index in [4.69, 9.17) is 0 Å². The van der Waals surface area contributed by atoms with Crippen molar-refractivity contribution in [3.05, 3.63) is 34.3 Å². The van der Waals surface area contributed by atoms with Crippen molar-refractivity contribution >= 4 is 23.0 Å². The number of aromatic nitrogens is 3. The van der Waals surface area contributed by atoms with E-state index in [0.29, 0.717) is 11.5 Å². The summed E-state index contributed by atoms with van der Waals surface area (Å²) in [6.07, 6.45) is 3.25. The Hall–Kier alpha value is -2.02. The first-order valence-corrected chi connectivity index (χ1v) is 7.47. The molecule has 0 aliphatic rings. The Balaban J connectivity index is 2.38. The molecule has 0 fully saturated rings. The molecule has 2 aromatic heterocycles. The Labute approximate surface area is 127 Å². The number of carboxylic acids is 1. The molecule has 0 aliphatic carbocycles. The number of thiazole rings is 1. The number of carboxylic acid groups (broad SMARTS) is 1. The van der Waals surface area contributed by atoms with Gasteiger partial charge in [0.1, 0.15) is 10.8 Å². The van der Waals surface area contributed by atoms with Gasteiger partial charge in [0, 0.05) is 17.5 Å². The lowest BCUT2D eigenvalue weighted by Crippen LogP contribution is -2.29. The first-order chi connectivity index (χ1) is 9.81. The van der Waals surface area contributed by atoms with Gasteiger partial charge < -0.3 is 10.4 Å². The summed E-state index contributed by atoms with van der Waals surface area (Å²) >= 11 is 1.51. The van der Waals surface area contributed by atoms with Crippen molar-refractivity contribution in [2.24, 2.45) is 0 Å². The second-order valence-electron chi connectivity index (χ2n) is 5.54. The Kier molecular flexibility index (Phi) is 4.22. The zero-order chi connectivity index (χ0) is 15.6. The van der Waals surface area contributed by atoms with Gasteiger partial charge in [-0.1, -0.05) is 13.8 Å². The molecular weight excluding hydrogens is 288 g/mol. The van der Waals surface area contributed by atoms with Crippen LogP contribution in [0.5, 0.6) is 0 Å². The Morgan fingerprint density at radius 1 is 1.38 bits per heavy atom. The fourth-order valence-electron chi connectivity index (χ4n) is 1.85. The Morgan fingerprint density at radius 2 is 2.10 bits per heavy atom. The highest BCUT2D eigenvalue weighted by Crippen LogP contribution is 2.28. The summed E-state index contributed by atoms with van der Waals surface area (Å²) in [4.78, 5) is 24.1. The van der Waals surface area contributed by atoms with Crippen LogP contribution in [0.25, 0.3) is 0 Å². The van der Waals surface area contributed by atoms with Gasteiger partial charge in [-0.05, 0) is 13.8 Å². The van der Waals surface area contributed by atoms with Crippen molar-refractivity contribution in [2.75, 3.05) is 5.32 Å². The largest absolute Gasteiger partial charge is 0.476 e. The highest BCUT2D eigenvalue weighted by Gasteiger charge is 2.26. The summed E-state index contributed by atoms with van der Waals surface area (Å²) in [5, 5.41) is 15.3. The molecular formula is C14H18N4O2S. The summed E-state index contributed by atoms with van der Waals surface area (Å²) in [7, 11) is 0. The average molecular weight is 306 g/mol. The number of nitrogens with zero attached hydrogens (tertiary/aromatic N) is 3. The fourth-order valence-corrected chi connectivity index (χ4v) is 2.57. The van der Waals surface area contributed by atoms with Crippen molar-refractivity contribution in [2.45, 2.75) is 39.2 Å². The van der Waals surface area contributed by atoms with Gasteiger partial charge in [-0.25, -0.2) is 19.7 Å². The summed E-state index contributed by atoms with van der Waals surface area (Å²) in [6, 6.07) is 0. The maximum atomic E-state index is 11.4. The van der Waals surface area contributed by atoms with E-state index in [-0.39, 0.29) is 11.6 Å². The van der Waals surface area contributed by atoms with Crippen molar-refractivity contribution in [3.63, 3.8) is 0 Å². The number of aromatic carboxylic acids is 1. The van der Waals surface area contributed by atoms with Crippen LogP contribution in [-0.4, -0.2) is 26.0 Å². The van der Waals surface area contributed by atoms with Crippen LogP contribution in [-0.2, 0) is 5.54 Å². The molecule has 7 heteroatoms. The van der Waals surface area contributed by atoms with E-state index in [2.05, 4.69) is 20.3 Å². The third kappa shape index (κ3) is 3.36. The Morgan fingerprint density at radius 3 is 2.62 bits per heavy atom. The van der Waals surface area contributed by atoms with Gasteiger partial charge in [0.15, 0.2) is 5.69 Å². The minimum Gasteiger partial charge on any atom is -0.476 e. The molecule has 112 valence electrons. The van der Waals surface area contributed by atoms with Gasteiger partial charge in [-0.3, -0.25) is 0 Å². The lowest BCUT2D eigenvalue weighted by atomic mass is 10.1. The van der Waals surface area contributed by atoms with E-state index in [1.54, 1.807) is 6.20 Å². The van der Waals surface area contributed by atoms with Gasteiger partial charge in [-0.15, -0.1) is 11.3 Å². The van der Waals surface area contributed by atoms with E-state index in [9.17, 15) is 9.90 Å². The van der Waals surface area contributed by atoms with Crippen LogP contribution < -0.4 is 5.32 Å². The maximum absolute atomic E-state index is 11.4. The van der Waals surface area contributed by atoms with Crippen molar-refractivity contribution in [3.8, 4) is 0 Å². The number of rotatable bonds is 5. The van der Waals surface area contributed by atoms with Gasteiger partial charge in [0.25, 0.3) is 0 Å². The summed E-state index contributed by atoms with van der Waals surface area (Å²) < 4.78 is 0. The van der Waals surface area contributed by atoms with Gasteiger partial charge in [0.05, 0.1) is 17.4 Å². The van der Waals surface area contributed by atoms with Crippen molar-refractivity contribution in [1.82, 2.24) is 15.0 Å². The van der Waals surface area contributed by atoms with Gasteiger partial charge in [-0.2, -0.15) is 0 Å². The topological polar surface area (TPSA) is 88.0 Å². The quantitative estimate of drug-likeness (QED) is 0.882. The number of anilines is 1. The molecule has 2 heterocycles. The number of hydrogen-bond donors (Lipinski definition) is 2. The third-order valence-electron chi connectivity index (χ3n) is 2.94. The highest BCUT2D eigenvalue weighted by molar-refractivity contribution is 7.09. The molecule has 0 atom stereocenters. The fraction of sp³-hybridized carbons (Fsp3) is 0.429. The molecule has 0 bridgehead atoms. The second-order valence-corrected chi connectivity index (χ2v) is 6.43. The van der Waals surface area contributed by atoms with E-state index in [0.717, 1.165) is 5.01 Å². The van der Waals surface area contributed by atoms with Crippen LogP contribution in [0.3, 0.4) is 0 Å². The molecule has 0 spiro atoms. The van der Waals surface area contributed by atoms with Crippen LogP contribution >= 0.6 is 11.3 Å². The van der Waals surface area contributed by atoms with Crippen molar-refractivity contribution in [1.29, 1.82) is 0 Å². The molecule has 2 aromatic rings. The Bertz CT molecular complexity index is 638. The summed E-state index contributed by atoms with van der Waals surface area (Å²) in [6.45, 7) is 7.72. The predicted molar refractivity (Wildman–Crippen MR) is 81.8 cm³/mol. The normalized spacial score (nSPS) is 11.7.